The van der Waals surface area contributed by atoms with Crippen LogP contribution in [-0.4, -0.2) is 17.1 Å². The summed E-state index contributed by atoms with van der Waals surface area (Å²) in [5, 5.41) is 11.9. The van der Waals surface area contributed by atoms with Crippen LogP contribution in [0.4, 0.5) is 8.78 Å². The van der Waals surface area contributed by atoms with E-state index in [9.17, 15) is 13.6 Å². The first-order valence-electron chi connectivity index (χ1n) is 5.93. The Morgan fingerprint density at radius 1 is 1.44 bits per heavy atom. The lowest BCUT2D eigenvalue weighted by molar-refractivity contribution is -0.140. The van der Waals surface area contributed by atoms with Crippen molar-refractivity contribution in [3.05, 3.63) is 35.4 Å². The molecule has 1 aliphatic rings. The van der Waals surface area contributed by atoms with E-state index in [1.165, 1.54) is 12.1 Å². The molecule has 0 bridgehead atoms. The lowest BCUT2D eigenvalue weighted by atomic mass is 10.0. The van der Waals surface area contributed by atoms with Gasteiger partial charge >= 0.3 is 5.97 Å². The number of carbonyl (C=O) groups is 1. The van der Waals surface area contributed by atoms with Gasteiger partial charge in [-0.05, 0) is 31.7 Å². The van der Waals surface area contributed by atoms with Crippen molar-refractivity contribution >= 4 is 5.97 Å². The highest BCUT2D eigenvalue weighted by atomic mass is 19.2. The third-order valence-corrected chi connectivity index (χ3v) is 3.24. The van der Waals surface area contributed by atoms with Gasteiger partial charge in [0.05, 0.1) is 0 Å². The molecule has 2 atom stereocenters. The van der Waals surface area contributed by atoms with Crippen LogP contribution in [0.1, 0.15) is 31.4 Å². The zero-order chi connectivity index (χ0) is 13.3. The standard InChI is InChI=1S/C13H15F2NO2/c1-7(9-3-2-4-10(14)11(9)15)16-12(13(17)18)8-5-6-8/h2-4,7-8,12,16H,5-6H2,1H3,(H,17,18). The van der Waals surface area contributed by atoms with Gasteiger partial charge in [-0.2, -0.15) is 0 Å². The molecule has 1 aliphatic carbocycles. The summed E-state index contributed by atoms with van der Waals surface area (Å²) in [4.78, 5) is 11.1. The second kappa shape index (κ2) is 5.02. The molecule has 0 aromatic heterocycles. The number of aliphatic carboxylic acids is 1. The summed E-state index contributed by atoms with van der Waals surface area (Å²) in [5.74, 6) is -2.68. The summed E-state index contributed by atoms with van der Waals surface area (Å²) < 4.78 is 26.6. The van der Waals surface area contributed by atoms with Crippen molar-refractivity contribution < 1.29 is 18.7 Å². The molecule has 1 aromatic rings. The Balaban J connectivity index is 2.13. The van der Waals surface area contributed by atoms with Crippen LogP contribution < -0.4 is 5.32 Å². The van der Waals surface area contributed by atoms with Crippen molar-refractivity contribution in [1.29, 1.82) is 0 Å². The Morgan fingerprint density at radius 3 is 2.67 bits per heavy atom. The van der Waals surface area contributed by atoms with Gasteiger partial charge in [-0.3, -0.25) is 10.1 Å². The normalized spacial score (nSPS) is 18.4. The van der Waals surface area contributed by atoms with E-state index < -0.39 is 29.7 Å². The van der Waals surface area contributed by atoms with Crippen molar-refractivity contribution in [3.63, 3.8) is 0 Å². The quantitative estimate of drug-likeness (QED) is 0.849. The largest absolute Gasteiger partial charge is 0.480 e. The molecular formula is C13H15F2NO2. The predicted molar refractivity (Wildman–Crippen MR) is 62.1 cm³/mol. The number of nitrogens with one attached hydrogen (secondary N) is 1. The third kappa shape index (κ3) is 2.67. The zero-order valence-electron chi connectivity index (χ0n) is 9.99. The second-order valence-electron chi connectivity index (χ2n) is 4.68. The number of halogens is 2. The highest BCUT2D eigenvalue weighted by molar-refractivity contribution is 5.74. The van der Waals surface area contributed by atoms with Crippen LogP contribution in [0.25, 0.3) is 0 Å². The molecular weight excluding hydrogens is 240 g/mol. The van der Waals surface area contributed by atoms with Crippen LogP contribution in [0, 0.1) is 17.6 Å². The average Bonchev–Trinajstić information content (AvgIpc) is 3.13. The van der Waals surface area contributed by atoms with Crippen molar-refractivity contribution in [2.24, 2.45) is 5.92 Å². The summed E-state index contributed by atoms with van der Waals surface area (Å²) in [5.41, 5.74) is 0.155. The molecule has 98 valence electrons. The van der Waals surface area contributed by atoms with Crippen LogP contribution in [0.3, 0.4) is 0 Å². The van der Waals surface area contributed by atoms with E-state index in [-0.39, 0.29) is 11.5 Å². The first-order chi connectivity index (χ1) is 8.50. The lowest BCUT2D eigenvalue weighted by Gasteiger charge is -2.20. The van der Waals surface area contributed by atoms with E-state index in [1.807, 2.05) is 0 Å². The third-order valence-electron chi connectivity index (χ3n) is 3.24. The van der Waals surface area contributed by atoms with E-state index in [2.05, 4.69) is 5.32 Å². The van der Waals surface area contributed by atoms with E-state index in [0.29, 0.717) is 0 Å². The van der Waals surface area contributed by atoms with Crippen molar-refractivity contribution in [3.8, 4) is 0 Å². The minimum absolute atomic E-state index is 0.0987. The highest BCUT2D eigenvalue weighted by Gasteiger charge is 2.37. The van der Waals surface area contributed by atoms with Gasteiger partial charge in [-0.1, -0.05) is 12.1 Å². The van der Waals surface area contributed by atoms with Gasteiger partial charge in [0.2, 0.25) is 0 Å². The van der Waals surface area contributed by atoms with Crippen LogP contribution in [0.2, 0.25) is 0 Å². The first-order valence-corrected chi connectivity index (χ1v) is 5.93. The fourth-order valence-electron chi connectivity index (χ4n) is 2.05. The fourth-order valence-corrected chi connectivity index (χ4v) is 2.05. The van der Waals surface area contributed by atoms with E-state index in [0.717, 1.165) is 18.9 Å². The molecule has 3 nitrogen and oxygen atoms in total. The molecule has 0 spiro atoms. The maximum Gasteiger partial charge on any atom is 0.320 e. The summed E-state index contributed by atoms with van der Waals surface area (Å²) in [6.45, 7) is 1.64. The SMILES string of the molecule is CC(NC(C(=O)O)C1CC1)c1cccc(F)c1F. The fraction of sp³-hybridized carbons (Fsp3) is 0.462. The first kappa shape index (κ1) is 13.0. The van der Waals surface area contributed by atoms with Crippen LogP contribution in [0.15, 0.2) is 18.2 Å². The number of benzene rings is 1. The van der Waals surface area contributed by atoms with Gasteiger partial charge in [0, 0.05) is 11.6 Å². The molecule has 0 radical (unpaired) electrons. The summed E-state index contributed by atoms with van der Waals surface area (Å²) in [6.07, 6.45) is 1.73. The van der Waals surface area contributed by atoms with Crippen molar-refractivity contribution in [2.45, 2.75) is 31.8 Å². The Labute approximate surface area is 104 Å². The lowest BCUT2D eigenvalue weighted by Crippen LogP contribution is -2.40. The van der Waals surface area contributed by atoms with Gasteiger partial charge < -0.3 is 5.11 Å². The number of rotatable bonds is 5. The molecule has 2 rings (SSSR count). The van der Waals surface area contributed by atoms with E-state index in [1.54, 1.807) is 6.92 Å². The van der Waals surface area contributed by atoms with Gasteiger partial charge in [-0.25, -0.2) is 8.78 Å². The Hall–Kier alpha value is -1.49. The van der Waals surface area contributed by atoms with Crippen LogP contribution in [-0.2, 0) is 4.79 Å². The van der Waals surface area contributed by atoms with Gasteiger partial charge in [0.1, 0.15) is 6.04 Å². The van der Waals surface area contributed by atoms with E-state index in [4.69, 9.17) is 5.11 Å². The minimum Gasteiger partial charge on any atom is -0.480 e. The molecule has 1 saturated carbocycles. The monoisotopic (exact) mass is 255 g/mol. The summed E-state index contributed by atoms with van der Waals surface area (Å²) in [7, 11) is 0. The molecule has 0 amide bonds. The maximum absolute atomic E-state index is 13.6. The van der Waals surface area contributed by atoms with E-state index >= 15 is 0 Å². The number of carboxylic acids is 1. The average molecular weight is 255 g/mol. The van der Waals surface area contributed by atoms with Gasteiger partial charge in [0.25, 0.3) is 0 Å². The van der Waals surface area contributed by atoms with Gasteiger partial charge in [-0.15, -0.1) is 0 Å². The molecule has 2 unspecified atom stereocenters. The Bertz CT molecular complexity index is 460. The molecule has 1 fully saturated rings. The summed E-state index contributed by atoms with van der Waals surface area (Å²) >= 11 is 0. The molecule has 0 heterocycles. The molecule has 5 heteroatoms. The second-order valence-corrected chi connectivity index (χ2v) is 4.68. The van der Waals surface area contributed by atoms with Crippen LogP contribution >= 0.6 is 0 Å². The van der Waals surface area contributed by atoms with Crippen molar-refractivity contribution in [1.82, 2.24) is 5.32 Å². The molecule has 1 aromatic carbocycles. The number of hydrogen-bond donors (Lipinski definition) is 2. The Kier molecular flexibility index (Phi) is 3.61. The Morgan fingerprint density at radius 2 is 2.11 bits per heavy atom. The topological polar surface area (TPSA) is 49.3 Å². The smallest absolute Gasteiger partial charge is 0.320 e. The number of hydrogen-bond acceptors (Lipinski definition) is 2. The highest BCUT2D eigenvalue weighted by Crippen LogP contribution is 2.34. The minimum atomic E-state index is -0.943. The van der Waals surface area contributed by atoms with Crippen LogP contribution in [0.5, 0.6) is 0 Å². The number of carboxylic acid groups (broad SMARTS) is 1. The molecule has 0 aliphatic heterocycles. The summed E-state index contributed by atoms with van der Waals surface area (Å²) in [6, 6.07) is 2.69. The molecule has 2 N–H and O–H groups in total. The predicted octanol–water partition coefficient (Wildman–Crippen LogP) is 2.48. The van der Waals surface area contributed by atoms with Crippen molar-refractivity contribution in [2.75, 3.05) is 0 Å². The zero-order valence-corrected chi connectivity index (χ0v) is 9.99. The molecule has 0 saturated heterocycles. The maximum atomic E-state index is 13.6. The van der Waals surface area contributed by atoms with Gasteiger partial charge in [0.15, 0.2) is 11.6 Å². The molecule has 18 heavy (non-hydrogen) atoms.